The number of nitrogens with zero attached hydrogens (tertiary/aromatic N) is 1. The molecule has 1 fully saturated rings. The van der Waals surface area contributed by atoms with Gasteiger partial charge < -0.3 is 10.1 Å². The number of guanidine groups is 1. The van der Waals surface area contributed by atoms with E-state index in [1.54, 1.807) is 7.11 Å². The van der Waals surface area contributed by atoms with Gasteiger partial charge in [-0.1, -0.05) is 12.8 Å². The molecule has 1 rings (SSSR count). The zero-order valence-electron chi connectivity index (χ0n) is 10.8. The molecule has 0 atom stereocenters. The van der Waals surface area contributed by atoms with Crippen LogP contribution in [0.3, 0.4) is 0 Å². The van der Waals surface area contributed by atoms with E-state index in [4.69, 9.17) is 10.6 Å². The number of hydrazine groups is 1. The van der Waals surface area contributed by atoms with Gasteiger partial charge in [-0.3, -0.25) is 10.4 Å². The Morgan fingerprint density at radius 1 is 1.47 bits per heavy atom. The molecule has 6 heteroatoms. The standard InChI is InChI=1S/C11H24N4OS/c1-16-8-7-13-10(15-12)14-9-11(17-2)5-3-4-6-11/h3-9,12H2,1-2H3,(H2,13,14,15). The minimum Gasteiger partial charge on any atom is -0.383 e. The largest absolute Gasteiger partial charge is 0.383 e. The van der Waals surface area contributed by atoms with Crippen LogP contribution in [-0.2, 0) is 4.74 Å². The van der Waals surface area contributed by atoms with E-state index in [2.05, 4.69) is 22.0 Å². The lowest BCUT2D eigenvalue weighted by Gasteiger charge is -2.24. The van der Waals surface area contributed by atoms with Crippen LogP contribution in [0.4, 0.5) is 0 Å². The van der Waals surface area contributed by atoms with Crippen LogP contribution in [0.25, 0.3) is 0 Å². The summed E-state index contributed by atoms with van der Waals surface area (Å²) >= 11 is 1.93. The number of hydrogen-bond donors (Lipinski definition) is 3. The number of hydrogen-bond acceptors (Lipinski definition) is 4. The maximum Gasteiger partial charge on any atom is 0.205 e. The Balaban J connectivity index is 2.42. The third kappa shape index (κ3) is 4.73. The summed E-state index contributed by atoms with van der Waals surface area (Å²) in [5.74, 6) is 6.09. The molecule has 100 valence electrons. The highest BCUT2D eigenvalue weighted by atomic mass is 32.2. The number of nitrogens with one attached hydrogen (secondary N) is 2. The fourth-order valence-corrected chi connectivity index (χ4v) is 2.98. The minimum absolute atomic E-state index is 0.324. The summed E-state index contributed by atoms with van der Waals surface area (Å²) in [6, 6.07) is 0. The molecular formula is C11H24N4OS. The van der Waals surface area contributed by atoms with Gasteiger partial charge in [0.05, 0.1) is 13.2 Å². The van der Waals surface area contributed by atoms with E-state index in [1.165, 1.54) is 25.7 Å². The molecule has 0 aromatic heterocycles. The molecular weight excluding hydrogens is 236 g/mol. The Hall–Kier alpha value is -0.460. The van der Waals surface area contributed by atoms with Gasteiger partial charge in [0, 0.05) is 18.4 Å². The first-order valence-electron chi connectivity index (χ1n) is 6.05. The van der Waals surface area contributed by atoms with E-state index in [1.807, 2.05) is 11.8 Å². The lowest BCUT2D eigenvalue weighted by Crippen LogP contribution is -2.43. The first-order chi connectivity index (χ1) is 8.26. The van der Waals surface area contributed by atoms with E-state index >= 15 is 0 Å². The van der Waals surface area contributed by atoms with Crippen molar-refractivity contribution in [1.82, 2.24) is 10.7 Å². The summed E-state index contributed by atoms with van der Waals surface area (Å²) in [6.45, 7) is 2.19. The predicted molar refractivity (Wildman–Crippen MR) is 74.2 cm³/mol. The molecule has 0 heterocycles. The van der Waals surface area contributed by atoms with Crippen molar-refractivity contribution in [1.29, 1.82) is 0 Å². The van der Waals surface area contributed by atoms with Crippen LogP contribution in [0, 0.1) is 0 Å². The summed E-state index contributed by atoms with van der Waals surface area (Å²) in [6.07, 6.45) is 7.33. The molecule has 4 N–H and O–H groups in total. The van der Waals surface area contributed by atoms with Gasteiger partial charge in [0.2, 0.25) is 5.96 Å². The van der Waals surface area contributed by atoms with Crippen molar-refractivity contribution in [3.05, 3.63) is 0 Å². The summed E-state index contributed by atoms with van der Waals surface area (Å²) in [7, 11) is 1.68. The molecule has 0 aromatic rings. The van der Waals surface area contributed by atoms with Crippen LogP contribution in [0.5, 0.6) is 0 Å². The zero-order valence-corrected chi connectivity index (χ0v) is 11.6. The topological polar surface area (TPSA) is 71.7 Å². The van der Waals surface area contributed by atoms with Gasteiger partial charge in [-0.15, -0.1) is 0 Å². The molecule has 0 unspecified atom stereocenters. The zero-order chi connectivity index (χ0) is 12.6. The van der Waals surface area contributed by atoms with Crippen molar-refractivity contribution in [3.63, 3.8) is 0 Å². The van der Waals surface area contributed by atoms with Crippen LogP contribution in [0.1, 0.15) is 25.7 Å². The van der Waals surface area contributed by atoms with Gasteiger partial charge in [-0.25, -0.2) is 5.84 Å². The Morgan fingerprint density at radius 2 is 2.18 bits per heavy atom. The number of ether oxygens (including phenoxy) is 1. The van der Waals surface area contributed by atoms with Crippen LogP contribution in [0.2, 0.25) is 0 Å². The molecule has 0 spiro atoms. The molecule has 1 aliphatic carbocycles. The molecule has 0 aromatic carbocycles. The minimum atomic E-state index is 0.324. The van der Waals surface area contributed by atoms with Crippen molar-refractivity contribution >= 4 is 17.7 Å². The van der Waals surface area contributed by atoms with Gasteiger partial charge in [0.15, 0.2) is 0 Å². The summed E-state index contributed by atoms with van der Waals surface area (Å²) < 4.78 is 5.29. The first-order valence-corrected chi connectivity index (χ1v) is 7.28. The Bertz CT molecular complexity index is 242. The van der Waals surface area contributed by atoms with E-state index in [0.29, 0.717) is 23.9 Å². The van der Waals surface area contributed by atoms with Crippen molar-refractivity contribution < 1.29 is 4.74 Å². The van der Waals surface area contributed by atoms with Gasteiger partial charge >= 0.3 is 0 Å². The Morgan fingerprint density at radius 3 is 2.71 bits per heavy atom. The van der Waals surface area contributed by atoms with Crippen molar-refractivity contribution in [2.24, 2.45) is 10.8 Å². The average molecular weight is 260 g/mol. The van der Waals surface area contributed by atoms with Crippen molar-refractivity contribution in [3.8, 4) is 0 Å². The maximum absolute atomic E-state index is 5.43. The molecule has 0 aliphatic heterocycles. The Kier molecular flexibility index (Phi) is 6.69. The lowest BCUT2D eigenvalue weighted by atomic mass is 10.1. The second kappa shape index (κ2) is 7.79. The highest BCUT2D eigenvalue weighted by Crippen LogP contribution is 2.40. The van der Waals surface area contributed by atoms with Gasteiger partial charge in [-0.2, -0.15) is 11.8 Å². The second-order valence-corrected chi connectivity index (χ2v) is 5.60. The van der Waals surface area contributed by atoms with E-state index in [9.17, 15) is 0 Å². The number of thioether (sulfide) groups is 1. The predicted octanol–water partition coefficient (Wildman–Crippen LogP) is 0.718. The summed E-state index contributed by atoms with van der Waals surface area (Å²) in [4.78, 5) is 4.53. The molecule has 0 saturated heterocycles. The number of methoxy groups -OCH3 is 1. The van der Waals surface area contributed by atoms with Gasteiger partial charge in [-0.05, 0) is 19.1 Å². The third-order valence-electron chi connectivity index (χ3n) is 3.21. The van der Waals surface area contributed by atoms with Crippen LogP contribution >= 0.6 is 11.8 Å². The molecule has 1 saturated carbocycles. The van der Waals surface area contributed by atoms with E-state index in [0.717, 1.165) is 6.54 Å². The van der Waals surface area contributed by atoms with Crippen LogP contribution in [-0.4, -0.2) is 43.8 Å². The second-order valence-electron chi connectivity index (χ2n) is 4.32. The fraction of sp³-hybridized carbons (Fsp3) is 0.909. The number of nitrogens with two attached hydrogens (primary N) is 1. The van der Waals surface area contributed by atoms with Crippen LogP contribution < -0.4 is 16.6 Å². The van der Waals surface area contributed by atoms with E-state index in [-0.39, 0.29) is 0 Å². The SMILES string of the molecule is COCCNC(=NCC1(SC)CCCC1)NN. The first kappa shape index (κ1) is 14.6. The fourth-order valence-electron chi connectivity index (χ4n) is 2.09. The van der Waals surface area contributed by atoms with Gasteiger partial charge in [0.1, 0.15) is 0 Å². The van der Waals surface area contributed by atoms with Crippen molar-refractivity contribution in [2.75, 3.05) is 33.1 Å². The molecule has 1 aliphatic rings. The summed E-state index contributed by atoms with van der Waals surface area (Å²) in [5, 5.41) is 3.12. The average Bonchev–Trinajstić information content (AvgIpc) is 2.83. The maximum atomic E-state index is 5.43. The van der Waals surface area contributed by atoms with Gasteiger partial charge in [0.25, 0.3) is 0 Å². The highest BCUT2D eigenvalue weighted by molar-refractivity contribution is 8.00. The third-order valence-corrected chi connectivity index (χ3v) is 4.61. The summed E-state index contributed by atoms with van der Waals surface area (Å²) in [5.41, 5.74) is 2.60. The number of aliphatic imine (C=N–C) groups is 1. The molecule has 0 bridgehead atoms. The monoisotopic (exact) mass is 260 g/mol. The molecule has 5 nitrogen and oxygen atoms in total. The van der Waals surface area contributed by atoms with Crippen LogP contribution in [0.15, 0.2) is 4.99 Å². The lowest BCUT2D eigenvalue weighted by molar-refractivity contribution is 0.203. The smallest absolute Gasteiger partial charge is 0.205 e. The normalized spacial score (nSPS) is 19.4. The Labute approximate surface area is 108 Å². The molecule has 17 heavy (non-hydrogen) atoms. The molecule has 0 amide bonds. The molecule has 0 radical (unpaired) electrons. The highest BCUT2D eigenvalue weighted by Gasteiger charge is 2.32. The number of rotatable bonds is 6. The van der Waals surface area contributed by atoms with E-state index < -0.39 is 0 Å². The quantitative estimate of drug-likeness (QED) is 0.216. The van der Waals surface area contributed by atoms with Crippen molar-refractivity contribution in [2.45, 2.75) is 30.4 Å².